The SMILES string of the molecule is CC(P(C(C)(C)C)C(C)(C)C)C(CCl)(c1ccccc1)c1ccccc1. The first kappa shape index (κ1) is 21.5. The molecule has 26 heavy (non-hydrogen) atoms. The molecule has 0 nitrogen and oxygen atoms in total. The molecule has 0 N–H and O–H groups in total. The highest BCUT2D eigenvalue weighted by Crippen LogP contribution is 2.67. The minimum Gasteiger partial charge on any atom is -0.125 e. The van der Waals surface area contributed by atoms with E-state index >= 15 is 0 Å². The molecule has 0 spiro atoms. The highest BCUT2D eigenvalue weighted by Gasteiger charge is 2.49. The maximum Gasteiger partial charge on any atom is 0.0402 e. The van der Waals surface area contributed by atoms with Gasteiger partial charge in [0.15, 0.2) is 0 Å². The predicted molar refractivity (Wildman–Crippen MR) is 120 cm³/mol. The average Bonchev–Trinajstić information content (AvgIpc) is 2.55. The van der Waals surface area contributed by atoms with Gasteiger partial charge in [0.2, 0.25) is 0 Å². The fourth-order valence-electron chi connectivity index (χ4n) is 4.77. The van der Waals surface area contributed by atoms with Crippen LogP contribution in [0.15, 0.2) is 60.7 Å². The molecule has 0 aromatic heterocycles. The summed E-state index contributed by atoms with van der Waals surface area (Å²) >= 11 is 6.84. The first-order chi connectivity index (χ1) is 12.0. The van der Waals surface area contributed by atoms with E-state index in [1.54, 1.807) is 0 Å². The molecule has 0 bridgehead atoms. The number of rotatable bonds is 5. The number of alkyl halides is 1. The molecule has 0 amide bonds. The Hall–Kier alpha value is -0.840. The molecule has 0 heterocycles. The van der Waals surface area contributed by atoms with Crippen LogP contribution in [-0.2, 0) is 5.41 Å². The van der Waals surface area contributed by atoms with Crippen LogP contribution in [0.5, 0.6) is 0 Å². The third-order valence-electron chi connectivity index (χ3n) is 5.33. The molecule has 0 saturated heterocycles. The zero-order valence-corrected chi connectivity index (χ0v) is 19.0. The highest BCUT2D eigenvalue weighted by molar-refractivity contribution is 7.61. The molecule has 2 aromatic rings. The summed E-state index contributed by atoms with van der Waals surface area (Å²) in [4.78, 5) is 0. The molecule has 2 aromatic carbocycles. The van der Waals surface area contributed by atoms with E-state index in [-0.39, 0.29) is 23.6 Å². The Bertz CT molecular complexity index is 626. The summed E-state index contributed by atoms with van der Waals surface area (Å²) < 4.78 is 0. The van der Waals surface area contributed by atoms with Crippen molar-refractivity contribution in [2.24, 2.45) is 0 Å². The number of halogens is 1. The van der Waals surface area contributed by atoms with Crippen molar-refractivity contribution >= 4 is 19.5 Å². The van der Waals surface area contributed by atoms with Gasteiger partial charge in [0.05, 0.1) is 0 Å². The van der Waals surface area contributed by atoms with Gasteiger partial charge in [0, 0.05) is 11.3 Å². The van der Waals surface area contributed by atoms with E-state index in [1.807, 2.05) is 0 Å². The second-order valence-electron chi connectivity index (χ2n) is 9.22. The van der Waals surface area contributed by atoms with Crippen LogP contribution in [0.25, 0.3) is 0 Å². The Morgan fingerprint density at radius 2 is 1.08 bits per heavy atom. The van der Waals surface area contributed by atoms with Gasteiger partial charge in [-0.15, -0.1) is 11.6 Å². The van der Waals surface area contributed by atoms with Crippen LogP contribution in [0.2, 0.25) is 0 Å². The van der Waals surface area contributed by atoms with E-state index in [2.05, 4.69) is 109 Å². The molecule has 0 fully saturated rings. The molecule has 2 heteroatoms. The van der Waals surface area contributed by atoms with Crippen LogP contribution < -0.4 is 0 Å². The van der Waals surface area contributed by atoms with Crippen molar-refractivity contribution in [1.82, 2.24) is 0 Å². The summed E-state index contributed by atoms with van der Waals surface area (Å²) in [6, 6.07) is 21.8. The number of hydrogen-bond donors (Lipinski definition) is 0. The van der Waals surface area contributed by atoms with Crippen molar-refractivity contribution in [3.8, 4) is 0 Å². The van der Waals surface area contributed by atoms with Gasteiger partial charge in [0.25, 0.3) is 0 Å². The van der Waals surface area contributed by atoms with Gasteiger partial charge in [-0.2, -0.15) is 0 Å². The minimum absolute atomic E-state index is 0.184. The van der Waals surface area contributed by atoms with Crippen LogP contribution >= 0.6 is 19.5 Å². The third-order valence-corrected chi connectivity index (χ3v) is 9.86. The molecule has 2 rings (SSSR count). The zero-order chi connectivity index (χ0) is 19.6. The molecule has 0 radical (unpaired) electrons. The molecule has 0 saturated carbocycles. The van der Waals surface area contributed by atoms with Crippen molar-refractivity contribution < 1.29 is 0 Å². The van der Waals surface area contributed by atoms with Crippen molar-refractivity contribution in [2.75, 3.05) is 5.88 Å². The summed E-state index contributed by atoms with van der Waals surface area (Å²) in [6.45, 7) is 16.8. The van der Waals surface area contributed by atoms with Gasteiger partial charge in [0.1, 0.15) is 0 Å². The summed E-state index contributed by atoms with van der Waals surface area (Å²) in [6.07, 6.45) is 0. The van der Waals surface area contributed by atoms with Gasteiger partial charge >= 0.3 is 0 Å². The fourth-order valence-corrected chi connectivity index (χ4v) is 10.6. The number of hydrogen-bond acceptors (Lipinski definition) is 0. The largest absolute Gasteiger partial charge is 0.125 e. The summed E-state index contributed by atoms with van der Waals surface area (Å²) in [5, 5.41) is 0.488. The lowest BCUT2D eigenvalue weighted by Crippen LogP contribution is -2.45. The lowest BCUT2D eigenvalue weighted by molar-refractivity contribution is 0.541. The molecular weight excluding hydrogens is 355 g/mol. The van der Waals surface area contributed by atoms with Crippen LogP contribution in [0, 0.1) is 0 Å². The molecule has 1 unspecified atom stereocenters. The second-order valence-corrected chi connectivity index (χ2v) is 13.7. The second kappa shape index (κ2) is 8.04. The maximum absolute atomic E-state index is 6.84. The smallest absolute Gasteiger partial charge is 0.0402 e. The Kier molecular flexibility index (Phi) is 6.63. The standard InChI is InChI=1S/C24H34ClP/c1-19(26(22(2,3)4)23(5,6)7)24(18-25,20-14-10-8-11-15-20)21-16-12-9-13-17-21/h8-17,19H,18H2,1-7H3. The predicted octanol–water partition coefficient (Wildman–Crippen LogP) is 7.68. The first-order valence-electron chi connectivity index (χ1n) is 9.51. The van der Waals surface area contributed by atoms with Crippen molar-refractivity contribution in [1.29, 1.82) is 0 Å². The molecule has 0 aliphatic heterocycles. The molecule has 1 atom stereocenters. The zero-order valence-electron chi connectivity index (χ0n) is 17.4. The Labute approximate surface area is 167 Å². The molecule has 0 aliphatic carbocycles. The van der Waals surface area contributed by atoms with Crippen LogP contribution in [0.3, 0.4) is 0 Å². The Morgan fingerprint density at radius 3 is 1.35 bits per heavy atom. The lowest BCUT2D eigenvalue weighted by atomic mass is 9.73. The third kappa shape index (κ3) is 4.18. The molecule has 142 valence electrons. The maximum atomic E-state index is 6.84. The van der Waals surface area contributed by atoms with E-state index in [0.29, 0.717) is 11.5 Å². The lowest BCUT2D eigenvalue weighted by Gasteiger charge is -2.52. The summed E-state index contributed by atoms with van der Waals surface area (Å²) in [5.41, 5.74) is 2.92. The Morgan fingerprint density at radius 1 is 0.731 bits per heavy atom. The van der Waals surface area contributed by atoms with Crippen LogP contribution in [-0.4, -0.2) is 21.9 Å². The van der Waals surface area contributed by atoms with E-state index in [9.17, 15) is 0 Å². The average molecular weight is 389 g/mol. The molecular formula is C24H34ClP. The van der Waals surface area contributed by atoms with Crippen LogP contribution in [0.1, 0.15) is 59.6 Å². The highest BCUT2D eigenvalue weighted by atomic mass is 35.5. The topological polar surface area (TPSA) is 0 Å². The van der Waals surface area contributed by atoms with Gasteiger partial charge in [-0.3, -0.25) is 0 Å². The van der Waals surface area contributed by atoms with E-state index in [0.717, 1.165) is 0 Å². The van der Waals surface area contributed by atoms with Gasteiger partial charge in [-0.25, -0.2) is 0 Å². The molecule has 0 aliphatic rings. The summed E-state index contributed by atoms with van der Waals surface area (Å²) in [7, 11) is -0.329. The van der Waals surface area contributed by atoms with Crippen molar-refractivity contribution in [3.05, 3.63) is 71.8 Å². The number of benzene rings is 2. The summed E-state index contributed by atoms with van der Waals surface area (Å²) in [5.74, 6) is 0.590. The minimum atomic E-state index is -0.329. The van der Waals surface area contributed by atoms with E-state index in [4.69, 9.17) is 11.6 Å². The first-order valence-corrected chi connectivity index (χ1v) is 11.5. The van der Waals surface area contributed by atoms with E-state index in [1.165, 1.54) is 11.1 Å². The van der Waals surface area contributed by atoms with Crippen molar-refractivity contribution in [3.63, 3.8) is 0 Å². The fraction of sp³-hybridized carbons (Fsp3) is 0.500. The quantitative estimate of drug-likeness (QED) is 0.364. The van der Waals surface area contributed by atoms with Crippen LogP contribution in [0.4, 0.5) is 0 Å². The van der Waals surface area contributed by atoms with Gasteiger partial charge in [-0.1, -0.05) is 117 Å². The van der Waals surface area contributed by atoms with Gasteiger partial charge in [-0.05, 0) is 27.1 Å². The Balaban J connectivity index is 2.75. The monoisotopic (exact) mass is 388 g/mol. The van der Waals surface area contributed by atoms with E-state index < -0.39 is 0 Å². The normalized spacial score (nSPS) is 14.5. The van der Waals surface area contributed by atoms with Gasteiger partial charge < -0.3 is 0 Å². The van der Waals surface area contributed by atoms with Crippen molar-refractivity contribution in [2.45, 2.75) is 69.9 Å².